The van der Waals surface area contributed by atoms with Crippen LogP contribution in [0, 0.1) is 0 Å². The third-order valence-corrected chi connectivity index (χ3v) is 4.48. The standard InChI is InChI=1S/C19H33N3O2.ClH/c1-6-12-19(4,20)18(23)21-14-17(22(7-2)8-3)15-10-9-11-16(13-15)24-5;/h9-11,13,17H,6-8,12,14,20H2,1-5H3,(H,21,23);1H. The number of benzene rings is 1. The lowest BCUT2D eigenvalue weighted by atomic mass is 9.96. The van der Waals surface area contributed by atoms with Gasteiger partial charge in [-0.3, -0.25) is 9.69 Å². The van der Waals surface area contributed by atoms with Gasteiger partial charge in [-0.15, -0.1) is 12.4 Å². The Morgan fingerprint density at radius 3 is 2.48 bits per heavy atom. The van der Waals surface area contributed by atoms with Crippen LogP contribution >= 0.6 is 12.4 Å². The summed E-state index contributed by atoms with van der Waals surface area (Å²) >= 11 is 0. The van der Waals surface area contributed by atoms with E-state index in [2.05, 4.69) is 30.1 Å². The topological polar surface area (TPSA) is 67.6 Å². The summed E-state index contributed by atoms with van der Waals surface area (Å²) in [6, 6.07) is 8.11. The molecule has 0 heterocycles. The molecule has 5 nitrogen and oxygen atoms in total. The summed E-state index contributed by atoms with van der Waals surface area (Å²) < 4.78 is 5.34. The number of amides is 1. The van der Waals surface area contributed by atoms with Crippen molar-refractivity contribution in [1.82, 2.24) is 10.2 Å². The Bertz CT molecular complexity index is 519. The molecule has 1 aromatic carbocycles. The summed E-state index contributed by atoms with van der Waals surface area (Å²) in [5, 5.41) is 3.05. The van der Waals surface area contributed by atoms with Crippen LogP contribution in [0.2, 0.25) is 0 Å². The molecule has 0 saturated carbocycles. The maximum Gasteiger partial charge on any atom is 0.239 e. The van der Waals surface area contributed by atoms with Gasteiger partial charge in [0.25, 0.3) is 0 Å². The molecule has 0 bridgehead atoms. The van der Waals surface area contributed by atoms with Crippen molar-refractivity contribution < 1.29 is 9.53 Å². The molecule has 3 N–H and O–H groups in total. The molecule has 1 amide bonds. The molecule has 6 heteroatoms. The van der Waals surface area contributed by atoms with E-state index in [0.29, 0.717) is 13.0 Å². The van der Waals surface area contributed by atoms with Gasteiger partial charge in [-0.25, -0.2) is 0 Å². The zero-order valence-electron chi connectivity index (χ0n) is 16.2. The third kappa shape index (κ3) is 6.84. The number of nitrogens with two attached hydrogens (primary N) is 1. The van der Waals surface area contributed by atoms with Crippen LogP contribution in [-0.4, -0.2) is 43.1 Å². The van der Waals surface area contributed by atoms with Gasteiger partial charge in [-0.2, -0.15) is 0 Å². The number of likely N-dealkylation sites (N-methyl/N-ethyl adjacent to an activating group) is 1. The average molecular weight is 372 g/mol. The van der Waals surface area contributed by atoms with Crippen molar-refractivity contribution in [2.24, 2.45) is 5.73 Å². The Labute approximate surface area is 158 Å². The molecular weight excluding hydrogens is 338 g/mol. The number of methoxy groups -OCH3 is 1. The zero-order valence-corrected chi connectivity index (χ0v) is 17.0. The normalized spacial score (nSPS) is 14.4. The second-order valence-electron chi connectivity index (χ2n) is 6.39. The fourth-order valence-electron chi connectivity index (χ4n) is 3.00. The van der Waals surface area contributed by atoms with Crippen LogP contribution in [0.5, 0.6) is 5.75 Å². The van der Waals surface area contributed by atoms with E-state index < -0.39 is 5.54 Å². The van der Waals surface area contributed by atoms with Crippen LogP contribution in [-0.2, 0) is 4.79 Å². The lowest BCUT2D eigenvalue weighted by Crippen LogP contribution is -2.53. The van der Waals surface area contributed by atoms with Crippen molar-refractivity contribution >= 4 is 18.3 Å². The molecular formula is C19H34ClN3O2. The van der Waals surface area contributed by atoms with Gasteiger partial charge in [0.1, 0.15) is 5.75 Å². The van der Waals surface area contributed by atoms with Gasteiger partial charge in [0.2, 0.25) is 5.91 Å². The molecule has 0 aliphatic rings. The van der Waals surface area contributed by atoms with Crippen molar-refractivity contribution in [2.45, 2.75) is 52.1 Å². The molecule has 1 rings (SSSR count). The number of carbonyl (C=O) groups is 1. The maximum absolute atomic E-state index is 12.4. The summed E-state index contributed by atoms with van der Waals surface area (Å²) in [5.74, 6) is 0.732. The van der Waals surface area contributed by atoms with E-state index in [1.807, 2.05) is 25.1 Å². The highest BCUT2D eigenvalue weighted by Gasteiger charge is 2.28. The van der Waals surface area contributed by atoms with Gasteiger partial charge in [0.15, 0.2) is 0 Å². The molecule has 0 saturated heterocycles. The maximum atomic E-state index is 12.4. The van der Waals surface area contributed by atoms with Gasteiger partial charge in [-0.1, -0.05) is 39.3 Å². The van der Waals surface area contributed by atoms with Crippen molar-refractivity contribution in [3.63, 3.8) is 0 Å². The number of nitrogens with zero attached hydrogens (tertiary/aromatic N) is 1. The van der Waals surface area contributed by atoms with Crippen molar-refractivity contribution in [2.75, 3.05) is 26.7 Å². The second kappa shape index (κ2) is 11.3. The molecule has 0 aromatic heterocycles. The minimum absolute atomic E-state index is 0. The molecule has 1 aromatic rings. The van der Waals surface area contributed by atoms with Gasteiger partial charge in [0, 0.05) is 6.54 Å². The lowest BCUT2D eigenvalue weighted by Gasteiger charge is -2.32. The van der Waals surface area contributed by atoms with Crippen molar-refractivity contribution in [1.29, 1.82) is 0 Å². The largest absolute Gasteiger partial charge is 0.497 e. The number of hydrogen-bond acceptors (Lipinski definition) is 4. The van der Waals surface area contributed by atoms with Gasteiger partial charge in [-0.05, 0) is 44.1 Å². The average Bonchev–Trinajstić information content (AvgIpc) is 2.58. The number of carbonyl (C=O) groups excluding carboxylic acids is 1. The monoisotopic (exact) mass is 371 g/mol. The number of hydrogen-bond donors (Lipinski definition) is 2. The summed E-state index contributed by atoms with van der Waals surface area (Å²) in [4.78, 5) is 14.8. The van der Waals surface area contributed by atoms with Crippen LogP contribution in [0.1, 0.15) is 52.1 Å². The molecule has 2 unspecified atom stereocenters. The summed E-state index contributed by atoms with van der Waals surface area (Å²) in [6.45, 7) is 10.4. The number of rotatable bonds is 10. The first-order valence-corrected chi connectivity index (χ1v) is 8.84. The van der Waals surface area contributed by atoms with Crippen LogP contribution < -0.4 is 15.8 Å². The number of ether oxygens (including phenoxy) is 1. The molecule has 0 aliphatic heterocycles. The Hall–Kier alpha value is -1.30. The quantitative estimate of drug-likeness (QED) is 0.663. The first kappa shape index (κ1) is 23.7. The first-order valence-electron chi connectivity index (χ1n) is 8.84. The van der Waals surface area contributed by atoms with Crippen molar-refractivity contribution in [3.05, 3.63) is 29.8 Å². The van der Waals surface area contributed by atoms with Crippen LogP contribution in [0.3, 0.4) is 0 Å². The Kier molecular flexibility index (Phi) is 10.8. The molecule has 0 spiro atoms. The fraction of sp³-hybridized carbons (Fsp3) is 0.632. The Balaban J connectivity index is 0.00000576. The first-order chi connectivity index (χ1) is 11.4. The molecule has 25 heavy (non-hydrogen) atoms. The van der Waals surface area contributed by atoms with E-state index in [1.165, 1.54) is 0 Å². The zero-order chi connectivity index (χ0) is 18.2. The predicted octanol–water partition coefficient (Wildman–Crippen LogP) is 3.13. The molecule has 0 radical (unpaired) electrons. The highest BCUT2D eigenvalue weighted by Crippen LogP contribution is 2.24. The minimum atomic E-state index is -0.822. The van der Waals surface area contributed by atoms with Crippen LogP contribution in [0.15, 0.2) is 24.3 Å². The number of nitrogens with one attached hydrogen (secondary N) is 1. The second-order valence-corrected chi connectivity index (χ2v) is 6.39. The Morgan fingerprint density at radius 2 is 1.96 bits per heavy atom. The van der Waals surface area contributed by atoms with Crippen LogP contribution in [0.25, 0.3) is 0 Å². The van der Waals surface area contributed by atoms with Gasteiger partial charge in [0.05, 0.1) is 18.7 Å². The summed E-state index contributed by atoms with van der Waals surface area (Å²) in [7, 11) is 1.66. The van der Waals surface area contributed by atoms with Gasteiger partial charge < -0.3 is 15.8 Å². The summed E-state index contributed by atoms with van der Waals surface area (Å²) in [5.41, 5.74) is 6.45. The van der Waals surface area contributed by atoms with Gasteiger partial charge >= 0.3 is 0 Å². The van der Waals surface area contributed by atoms with E-state index >= 15 is 0 Å². The van der Waals surface area contributed by atoms with Crippen molar-refractivity contribution in [3.8, 4) is 5.75 Å². The minimum Gasteiger partial charge on any atom is -0.497 e. The smallest absolute Gasteiger partial charge is 0.239 e. The highest BCUT2D eigenvalue weighted by atomic mass is 35.5. The summed E-state index contributed by atoms with van der Waals surface area (Å²) in [6.07, 6.45) is 1.56. The SMILES string of the molecule is CCCC(C)(N)C(=O)NCC(c1cccc(OC)c1)N(CC)CC.Cl. The molecule has 0 fully saturated rings. The van der Waals surface area contributed by atoms with E-state index in [9.17, 15) is 4.79 Å². The molecule has 144 valence electrons. The third-order valence-electron chi connectivity index (χ3n) is 4.48. The van der Waals surface area contributed by atoms with E-state index in [4.69, 9.17) is 10.5 Å². The van der Waals surface area contributed by atoms with E-state index in [-0.39, 0.29) is 24.4 Å². The number of halogens is 1. The molecule has 2 atom stereocenters. The van der Waals surface area contributed by atoms with E-state index in [1.54, 1.807) is 14.0 Å². The van der Waals surface area contributed by atoms with Crippen LogP contribution in [0.4, 0.5) is 0 Å². The highest BCUT2D eigenvalue weighted by molar-refractivity contribution is 5.85. The van der Waals surface area contributed by atoms with E-state index in [0.717, 1.165) is 30.8 Å². The molecule has 0 aliphatic carbocycles. The fourth-order valence-corrected chi connectivity index (χ4v) is 3.00. The Morgan fingerprint density at radius 1 is 1.32 bits per heavy atom. The lowest BCUT2D eigenvalue weighted by molar-refractivity contribution is -0.126. The predicted molar refractivity (Wildman–Crippen MR) is 106 cm³/mol.